The molecule has 0 aromatic rings. The van der Waals surface area contributed by atoms with Crippen LogP contribution in [0.15, 0.2) is 0 Å². The van der Waals surface area contributed by atoms with Crippen LogP contribution in [-0.2, 0) is 4.74 Å². The predicted molar refractivity (Wildman–Crippen MR) is 34.1 cm³/mol. The molecule has 0 aromatic carbocycles. The van der Waals surface area contributed by atoms with Gasteiger partial charge in [-0.05, 0) is 18.8 Å². The Labute approximate surface area is 51.8 Å². The third kappa shape index (κ3) is 1.51. The maximum atomic E-state index is 5.42. The molecular weight excluding hydrogens is 98.9 g/mol. The van der Waals surface area contributed by atoms with Gasteiger partial charge in [-0.2, -0.15) is 0 Å². The van der Waals surface area contributed by atoms with E-state index in [0.29, 0.717) is 5.92 Å². The molecule has 0 amide bonds. The van der Waals surface area contributed by atoms with Crippen molar-refractivity contribution in [2.24, 2.45) is 5.92 Å². The highest BCUT2D eigenvalue weighted by Gasteiger charge is 2.09. The van der Waals surface area contributed by atoms with Gasteiger partial charge in [0.15, 0.2) is 0 Å². The Kier molecular flexibility index (Phi) is 2.41. The van der Waals surface area contributed by atoms with Crippen LogP contribution in [0.1, 0.15) is 12.8 Å². The predicted octanol–water partition coefficient (Wildman–Crippen LogP) is 1.000. The zero-order valence-corrected chi connectivity index (χ0v) is 5.10. The van der Waals surface area contributed by atoms with E-state index in [1.165, 1.54) is 12.8 Å². The van der Waals surface area contributed by atoms with Crippen LogP contribution in [0.3, 0.4) is 0 Å². The van der Waals surface area contributed by atoms with Crippen LogP contribution < -0.4 is 0 Å². The molecule has 2 heteroatoms. The SMILES string of the molecule is [B]CC1CCCOC1. The van der Waals surface area contributed by atoms with E-state index < -0.39 is 0 Å². The Morgan fingerprint density at radius 1 is 1.62 bits per heavy atom. The van der Waals surface area contributed by atoms with Gasteiger partial charge in [-0.15, -0.1) is 0 Å². The first-order valence-electron chi connectivity index (χ1n) is 3.21. The van der Waals surface area contributed by atoms with Crippen molar-refractivity contribution >= 4 is 7.85 Å². The Morgan fingerprint density at radius 3 is 2.88 bits per heavy atom. The molecule has 0 bridgehead atoms. The molecule has 1 atom stereocenters. The molecule has 1 fully saturated rings. The molecule has 44 valence electrons. The third-order valence-electron chi connectivity index (χ3n) is 1.59. The van der Waals surface area contributed by atoms with Gasteiger partial charge in [-0.25, -0.2) is 0 Å². The van der Waals surface area contributed by atoms with E-state index in [1.807, 2.05) is 0 Å². The number of rotatable bonds is 1. The highest BCUT2D eigenvalue weighted by atomic mass is 16.5. The summed E-state index contributed by atoms with van der Waals surface area (Å²) in [5.74, 6) is 0.642. The minimum atomic E-state index is 0.642. The second-order valence-corrected chi connectivity index (χ2v) is 2.32. The lowest BCUT2D eigenvalue weighted by Crippen LogP contribution is -2.16. The molecule has 1 rings (SSSR count). The molecule has 0 aliphatic carbocycles. The summed E-state index contributed by atoms with van der Waals surface area (Å²) in [7, 11) is 5.42. The van der Waals surface area contributed by atoms with Gasteiger partial charge in [-0.3, -0.25) is 0 Å². The Morgan fingerprint density at radius 2 is 2.50 bits per heavy atom. The molecule has 1 aliphatic rings. The Bertz CT molecular complexity index is 59.5. The van der Waals surface area contributed by atoms with Crippen LogP contribution >= 0.6 is 0 Å². The molecule has 0 spiro atoms. The first-order valence-corrected chi connectivity index (χ1v) is 3.21. The topological polar surface area (TPSA) is 9.23 Å². The van der Waals surface area contributed by atoms with Gasteiger partial charge in [0.2, 0.25) is 0 Å². The standard InChI is InChI=1S/C6H11BO/c7-4-6-2-1-3-8-5-6/h6H,1-5H2. The summed E-state index contributed by atoms with van der Waals surface area (Å²) in [5.41, 5.74) is 0. The lowest BCUT2D eigenvalue weighted by Gasteiger charge is -2.19. The van der Waals surface area contributed by atoms with Gasteiger partial charge in [0.05, 0.1) is 7.85 Å². The van der Waals surface area contributed by atoms with Crippen LogP contribution in [-0.4, -0.2) is 21.1 Å². The smallest absolute Gasteiger partial charge is 0.0657 e. The molecule has 2 radical (unpaired) electrons. The van der Waals surface area contributed by atoms with Crippen molar-refractivity contribution in [2.45, 2.75) is 19.2 Å². The van der Waals surface area contributed by atoms with E-state index >= 15 is 0 Å². The van der Waals surface area contributed by atoms with Gasteiger partial charge in [0.25, 0.3) is 0 Å². The minimum Gasteiger partial charge on any atom is -0.381 e. The Hall–Kier alpha value is 0.0249. The maximum absolute atomic E-state index is 5.42. The summed E-state index contributed by atoms with van der Waals surface area (Å²) in [6, 6.07) is 0. The van der Waals surface area contributed by atoms with Crippen molar-refractivity contribution in [1.82, 2.24) is 0 Å². The monoisotopic (exact) mass is 110 g/mol. The van der Waals surface area contributed by atoms with Crippen molar-refractivity contribution in [2.75, 3.05) is 13.2 Å². The van der Waals surface area contributed by atoms with Crippen LogP contribution in [0.2, 0.25) is 6.32 Å². The summed E-state index contributed by atoms with van der Waals surface area (Å²) < 4.78 is 5.19. The van der Waals surface area contributed by atoms with Gasteiger partial charge >= 0.3 is 0 Å². The van der Waals surface area contributed by atoms with Crippen molar-refractivity contribution in [3.63, 3.8) is 0 Å². The second-order valence-electron chi connectivity index (χ2n) is 2.32. The lowest BCUT2D eigenvalue weighted by molar-refractivity contribution is 0.0618. The number of ether oxygens (including phenoxy) is 1. The molecule has 0 saturated carbocycles. The van der Waals surface area contributed by atoms with E-state index in [0.717, 1.165) is 19.5 Å². The average molecular weight is 110 g/mol. The summed E-state index contributed by atoms with van der Waals surface area (Å²) in [6.07, 6.45) is 3.25. The van der Waals surface area contributed by atoms with Crippen molar-refractivity contribution in [3.05, 3.63) is 0 Å². The highest BCUT2D eigenvalue weighted by molar-refractivity contribution is 6.08. The maximum Gasteiger partial charge on any atom is 0.0657 e. The first kappa shape index (κ1) is 6.15. The number of hydrogen-bond acceptors (Lipinski definition) is 1. The van der Waals surface area contributed by atoms with Crippen molar-refractivity contribution < 1.29 is 4.74 Å². The van der Waals surface area contributed by atoms with Crippen LogP contribution in [0, 0.1) is 5.92 Å². The largest absolute Gasteiger partial charge is 0.381 e. The van der Waals surface area contributed by atoms with E-state index in [4.69, 9.17) is 12.6 Å². The zero-order chi connectivity index (χ0) is 5.82. The van der Waals surface area contributed by atoms with E-state index in [9.17, 15) is 0 Å². The van der Waals surface area contributed by atoms with Gasteiger partial charge in [0.1, 0.15) is 0 Å². The molecule has 1 saturated heterocycles. The molecule has 8 heavy (non-hydrogen) atoms. The van der Waals surface area contributed by atoms with E-state index in [-0.39, 0.29) is 0 Å². The third-order valence-corrected chi connectivity index (χ3v) is 1.59. The van der Waals surface area contributed by atoms with E-state index in [2.05, 4.69) is 0 Å². The lowest BCUT2D eigenvalue weighted by atomic mass is 9.87. The molecule has 0 aromatic heterocycles. The van der Waals surface area contributed by atoms with Gasteiger partial charge < -0.3 is 4.74 Å². The average Bonchev–Trinajstić information content (AvgIpc) is 1.90. The van der Waals surface area contributed by atoms with Crippen LogP contribution in [0.25, 0.3) is 0 Å². The zero-order valence-electron chi connectivity index (χ0n) is 5.10. The fourth-order valence-electron chi connectivity index (χ4n) is 0.993. The number of hydrogen-bond donors (Lipinski definition) is 0. The summed E-state index contributed by atoms with van der Waals surface area (Å²) in [5, 5.41) is 0. The second kappa shape index (κ2) is 3.13. The molecule has 1 unspecified atom stereocenters. The molecule has 1 nitrogen and oxygen atoms in total. The summed E-state index contributed by atoms with van der Waals surface area (Å²) in [6.45, 7) is 1.83. The Balaban J connectivity index is 2.13. The fraction of sp³-hybridized carbons (Fsp3) is 1.00. The summed E-state index contributed by atoms with van der Waals surface area (Å²) >= 11 is 0. The molecule has 0 N–H and O–H groups in total. The van der Waals surface area contributed by atoms with E-state index in [1.54, 1.807) is 0 Å². The quantitative estimate of drug-likeness (QED) is 0.457. The normalized spacial score (nSPS) is 30.2. The minimum absolute atomic E-state index is 0.642. The molecule has 1 aliphatic heterocycles. The molecule has 1 heterocycles. The van der Waals surface area contributed by atoms with Gasteiger partial charge in [-0.1, -0.05) is 6.32 Å². The highest BCUT2D eigenvalue weighted by Crippen LogP contribution is 2.15. The van der Waals surface area contributed by atoms with Crippen LogP contribution in [0.5, 0.6) is 0 Å². The first-order chi connectivity index (χ1) is 3.93. The fourth-order valence-corrected chi connectivity index (χ4v) is 0.993. The molecular formula is C6H11BO. The summed E-state index contributed by atoms with van der Waals surface area (Å²) in [4.78, 5) is 0. The van der Waals surface area contributed by atoms with Gasteiger partial charge in [0, 0.05) is 13.2 Å². The van der Waals surface area contributed by atoms with Crippen LogP contribution in [0.4, 0.5) is 0 Å². The van der Waals surface area contributed by atoms with Crippen molar-refractivity contribution in [3.8, 4) is 0 Å². The van der Waals surface area contributed by atoms with Crippen molar-refractivity contribution in [1.29, 1.82) is 0 Å².